The zero-order valence-electron chi connectivity index (χ0n) is 17.0. The maximum Gasteiger partial charge on any atom is 0.0973 e. The molecule has 5 rings (SSSR count). The summed E-state index contributed by atoms with van der Waals surface area (Å²) in [4.78, 5) is 9.91. The van der Waals surface area contributed by atoms with E-state index in [1.807, 2.05) is 6.20 Å². The Labute approximate surface area is 179 Å². The number of hydrogen-bond acceptors (Lipinski definition) is 2. The Hall–Kier alpha value is -1.47. The second-order valence-electron chi connectivity index (χ2n) is 8.96. The Morgan fingerprint density at radius 1 is 0.897 bits per heavy atom. The fraction of sp³-hybridized carbons (Fsp3) is 0.520. The van der Waals surface area contributed by atoms with Gasteiger partial charge in [-0.25, -0.2) is 0 Å². The van der Waals surface area contributed by atoms with E-state index in [0.717, 1.165) is 16.7 Å². The van der Waals surface area contributed by atoms with Gasteiger partial charge in [-0.2, -0.15) is 0 Å². The van der Waals surface area contributed by atoms with Crippen LogP contribution in [0, 0.1) is 6.92 Å². The molecule has 1 unspecified atom stereocenters. The van der Waals surface area contributed by atoms with Gasteiger partial charge >= 0.3 is 0 Å². The molecule has 0 N–H and O–H groups in total. The van der Waals surface area contributed by atoms with Crippen molar-refractivity contribution in [3.05, 3.63) is 41.2 Å². The molecule has 0 spiro atoms. The third-order valence-corrected chi connectivity index (χ3v) is 7.92. The Kier molecular flexibility index (Phi) is 6.25. The van der Waals surface area contributed by atoms with Crippen LogP contribution in [0.1, 0.15) is 92.9 Å². The summed E-state index contributed by atoms with van der Waals surface area (Å²) in [5.41, 5.74) is 6.54. The van der Waals surface area contributed by atoms with Crippen LogP contribution in [0.3, 0.4) is 0 Å². The van der Waals surface area contributed by atoms with Gasteiger partial charge in [0.2, 0.25) is 0 Å². The van der Waals surface area contributed by atoms with E-state index in [-0.39, 0.29) is 8.41 Å². The summed E-state index contributed by atoms with van der Waals surface area (Å²) in [5.74, 6) is 1.35. The Morgan fingerprint density at radius 2 is 1.55 bits per heavy atom. The summed E-state index contributed by atoms with van der Waals surface area (Å²) in [7, 11) is 3.06. The van der Waals surface area contributed by atoms with Crippen molar-refractivity contribution < 1.29 is 0 Å². The zero-order valence-corrected chi connectivity index (χ0v) is 18.2. The third kappa shape index (κ3) is 3.72. The van der Waals surface area contributed by atoms with E-state index in [2.05, 4.69) is 34.4 Å². The lowest BCUT2D eigenvalue weighted by Gasteiger charge is -2.30. The fourth-order valence-corrected chi connectivity index (χ4v) is 6.17. The van der Waals surface area contributed by atoms with E-state index in [1.54, 1.807) is 11.1 Å². The molecule has 2 heterocycles. The molecule has 0 saturated heterocycles. The van der Waals surface area contributed by atoms with Crippen LogP contribution in [0.5, 0.6) is 0 Å². The molecule has 0 bridgehead atoms. The van der Waals surface area contributed by atoms with Gasteiger partial charge in [0, 0.05) is 22.7 Å². The predicted octanol–water partition coefficient (Wildman–Crippen LogP) is 5.50. The second-order valence-corrected chi connectivity index (χ2v) is 9.54. The number of pyridine rings is 2. The monoisotopic (exact) mass is 404 g/mol. The van der Waals surface area contributed by atoms with Gasteiger partial charge in [0.1, 0.15) is 0 Å². The summed E-state index contributed by atoms with van der Waals surface area (Å²) in [6.07, 6.45) is 15.5. The zero-order chi connectivity index (χ0) is 19.1. The number of rotatable bonds is 2. The molecule has 2 saturated carbocycles. The average Bonchev–Trinajstić information content (AvgIpc) is 2.75. The van der Waals surface area contributed by atoms with E-state index < -0.39 is 0 Å². The molecule has 0 radical (unpaired) electrons. The molecule has 3 aromatic rings. The van der Waals surface area contributed by atoms with E-state index in [9.17, 15) is 0 Å². The van der Waals surface area contributed by atoms with Crippen molar-refractivity contribution >= 4 is 44.8 Å². The molecule has 0 aliphatic heterocycles. The van der Waals surface area contributed by atoms with Crippen LogP contribution in [-0.2, 0) is 0 Å². The number of aryl methyl sites for hydroxylation is 1. The first-order valence-electron chi connectivity index (χ1n) is 11.2. The summed E-state index contributed by atoms with van der Waals surface area (Å²) in [5, 5.41) is 4.07. The molecule has 152 valence electrons. The van der Waals surface area contributed by atoms with Crippen LogP contribution in [-0.4, -0.2) is 18.4 Å². The topological polar surface area (TPSA) is 25.8 Å². The van der Waals surface area contributed by atoms with E-state index >= 15 is 0 Å². The second kappa shape index (κ2) is 8.72. The van der Waals surface area contributed by atoms with Crippen molar-refractivity contribution in [2.24, 2.45) is 0 Å². The minimum absolute atomic E-state index is 0. The standard InChI is InChI=1S/C25H31N2P.BH3/c1-16-25(28)21(18-11-6-3-7-12-18)22-20(17-9-4-2-5-10-17)15-19-13-8-14-26-23(19)24(22)27-16;/h8,13-15,17-18H,2-7,9-12,28H2,1H3;1H3. The van der Waals surface area contributed by atoms with Crippen LogP contribution in [0.25, 0.3) is 21.8 Å². The van der Waals surface area contributed by atoms with Gasteiger partial charge in [-0.05, 0) is 73.0 Å². The van der Waals surface area contributed by atoms with Gasteiger partial charge in [-0.15, -0.1) is 9.24 Å². The van der Waals surface area contributed by atoms with Crippen molar-refractivity contribution in [1.82, 2.24) is 9.97 Å². The Balaban J connectivity index is 0.00000205. The Bertz CT molecular complexity index is 1020. The quantitative estimate of drug-likeness (QED) is 0.320. The Morgan fingerprint density at radius 3 is 2.24 bits per heavy atom. The van der Waals surface area contributed by atoms with E-state index in [0.29, 0.717) is 11.8 Å². The van der Waals surface area contributed by atoms with Gasteiger partial charge < -0.3 is 0 Å². The average molecular weight is 404 g/mol. The molecular weight excluding hydrogens is 370 g/mol. The highest BCUT2D eigenvalue weighted by Gasteiger charge is 2.27. The first-order chi connectivity index (χ1) is 13.7. The van der Waals surface area contributed by atoms with Crippen molar-refractivity contribution in [3.63, 3.8) is 0 Å². The SMILES string of the molecule is B.Cc1nc2c(c(C3CCCCC3)cc3cccnc32)c(C2CCCCC2)c1P. The molecule has 4 heteroatoms. The van der Waals surface area contributed by atoms with Gasteiger partial charge in [-0.1, -0.05) is 44.6 Å². The van der Waals surface area contributed by atoms with Gasteiger partial charge in [0.25, 0.3) is 0 Å². The summed E-state index contributed by atoms with van der Waals surface area (Å²) in [6.45, 7) is 2.18. The molecule has 0 amide bonds. The van der Waals surface area contributed by atoms with Gasteiger partial charge in [0.15, 0.2) is 0 Å². The molecule has 2 aromatic heterocycles. The summed E-state index contributed by atoms with van der Waals surface area (Å²) < 4.78 is 0. The lowest BCUT2D eigenvalue weighted by atomic mass is 9.77. The molecule has 2 aliphatic rings. The van der Waals surface area contributed by atoms with Crippen molar-refractivity contribution in [2.75, 3.05) is 0 Å². The highest BCUT2D eigenvalue weighted by atomic mass is 31.0. The largest absolute Gasteiger partial charge is 0.254 e. The summed E-state index contributed by atoms with van der Waals surface area (Å²) >= 11 is 0. The lowest BCUT2D eigenvalue weighted by Crippen LogP contribution is -2.18. The van der Waals surface area contributed by atoms with Crippen LogP contribution in [0.2, 0.25) is 0 Å². The summed E-state index contributed by atoms with van der Waals surface area (Å²) in [6, 6.07) is 6.76. The maximum atomic E-state index is 5.13. The van der Waals surface area contributed by atoms with Crippen molar-refractivity contribution in [1.29, 1.82) is 0 Å². The molecule has 2 nitrogen and oxygen atoms in total. The van der Waals surface area contributed by atoms with Crippen LogP contribution >= 0.6 is 9.24 Å². The lowest BCUT2D eigenvalue weighted by molar-refractivity contribution is 0.440. The number of fused-ring (bicyclic) bond motifs is 3. The van der Waals surface area contributed by atoms with Crippen LogP contribution in [0.15, 0.2) is 24.4 Å². The molecule has 2 fully saturated rings. The predicted molar refractivity (Wildman–Crippen MR) is 133 cm³/mol. The minimum atomic E-state index is 0. The first kappa shape index (κ1) is 20.8. The van der Waals surface area contributed by atoms with E-state index in [1.165, 1.54) is 80.3 Å². The number of aromatic nitrogens is 2. The van der Waals surface area contributed by atoms with Gasteiger partial charge in [-0.3, -0.25) is 9.97 Å². The van der Waals surface area contributed by atoms with Crippen LogP contribution in [0.4, 0.5) is 0 Å². The number of hydrogen-bond donors (Lipinski definition) is 0. The van der Waals surface area contributed by atoms with Crippen molar-refractivity contribution in [2.45, 2.75) is 83.0 Å². The molecule has 2 aliphatic carbocycles. The maximum absolute atomic E-state index is 5.13. The molecule has 1 atom stereocenters. The molecule has 1 aromatic carbocycles. The van der Waals surface area contributed by atoms with Crippen molar-refractivity contribution in [3.8, 4) is 0 Å². The molecule has 29 heavy (non-hydrogen) atoms. The first-order valence-corrected chi connectivity index (χ1v) is 11.8. The van der Waals surface area contributed by atoms with Gasteiger partial charge in [0.05, 0.1) is 19.4 Å². The fourth-order valence-electron chi connectivity index (χ4n) is 5.73. The minimum Gasteiger partial charge on any atom is -0.254 e. The van der Waals surface area contributed by atoms with Crippen LogP contribution < -0.4 is 5.30 Å². The number of nitrogens with zero attached hydrogens (tertiary/aromatic N) is 2. The normalized spacial score (nSPS) is 18.8. The van der Waals surface area contributed by atoms with E-state index in [4.69, 9.17) is 9.97 Å². The highest BCUT2D eigenvalue weighted by Crippen LogP contribution is 2.43. The smallest absolute Gasteiger partial charge is 0.0973 e. The molecular formula is C25H34BN2P. The highest BCUT2D eigenvalue weighted by molar-refractivity contribution is 7.27. The third-order valence-electron chi connectivity index (χ3n) is 7.19. The number of benzene rings is 1.